The molecule has 0 saturated heterocycles. The number of nitrogens with zero attached hydrogens (tertiary/aromatic N) is 4. The van der Waals surface area contributed by atoms with Gasteiger partial charge in [-0.2, -0.15) is 0 Å². The number of benzene rings is 3. The second kappa shape index (κ2) is 10.2. The van der Waals surface area contributed by atoms with Gasteiger partial charge in [-0.05, 0) is 53.8 Å². The predicted octanol–water partition coefficient (Wildman–Crippen LogP) is 5.83. The molecule has 7 nitrogen and oxygen atoms in total. The number of carboxylic acids is 1. The minimum absolute atomic E-state index is 0.0918. The second-order valence-electron chi connectivity index (χ2n) is 9.28. The summed E-state index contributed by atoms with van der Waals surface area (Å²) < 4.78 is 2.23. The van der Waals surface area contributed by atoms with E-state index in [4.69, 9.17) is 4.98 Å². The topological polar surface area (TPSA) is 78.7 Å². The van der Waals surface area contributed by atoms with Crippen molar-refractivity contribution in [3.63, 3.8) is 0 Å². The molecule has 0 aliphatic carbocycles. The number of urea groups is 1. The number of carbonyl (C=O) groups is 2. The molecule has 0 atom stereocenters. The summed E-state index contributed by atoms with van der Waals surface area (Å²) in [7, 11) is 5.27. The van der Waals surface area contributed by atoms with Crippen LogP contribution >= 0.6 is 0 Å². The Morgan fingerprint density at radius 2 is 1.69 bits per heavy atom. The monoisotopic (exact) mass is 484 g/mol. The quantitative estimate of drug-likeness (QED) is 0.358. The molecule has 0 radical (unpaired) electrons. The van der Waals surface area contributed by atoms with Crippen molar-refractivity contribution < 1.29 is 14.7 Å². The molecule has 0 spiro atoms. The average Bonchev–Trinajstić information content (AvgIpc) is 3.21. The molecule has 2 amide bonds. The van der Waals surface area contributed by atoms with Crippen LogP contribution in [0.25, 0.3) is 22.2 Å². The summed E-state index contributed by atoms with van der Waals surface area (Å²) in [5.41, 5.74) is 6.72. The Morgan fingerprint density at radius 3 is 2.33 bits per heavy atom. The normalized spacial score (nSPS) is 11.0. The Balaban J connectivity index is 1.74. The zero-order valence-electron chi connectivity index (χ0n) is 21.4. The Labute approximate surface area is 211 Å². The predicted molar refractivity (Wildman–Crippen MR) is 144 cm³/mol. The number of aryl methyl sites for hydroxylation is 2. The fourth-order valence-electron chi connectivity index (χ4n) is 4.51. The van der Waals surface area contributed by atoms with Gasteiger partial charge in [0.25, 0.3) is 0 Å². The van der Waals surface area contributed by atoms with Gasteiger partial charge in [0.05, 0.1) is 16.6 Å². The zero-order valence-corrected chi connectivity index (χ0v) is 21.4. The molecule has 0 aliphatic heterocycles. The number of aromatic carboxylic acids is 1. The minimum Gasteiger partial charge on any atom is -0.478 e. The van der Waals surface area contributed by atoms with E-state index < -0.39 is 5.97 Å². The molecule has 7 heteroatoms. The molecular formula is C29H32N4O3. The first-order valence-electron chi connectivity index (χ1n) is 12.1. The zero-order chi connectivity index (χ0) is 26.0. The Morgan fingerprint density at radius 1 is 1.00 bits per heavy atom. The van der Waals surface area contributed by atoms with Crippen LogP contribution in [0.4, 0.5) is 10.5 Å². The van der Waals surface area contributed by atoms with Gasteiger partial charge < -0.3 is 14.6 Å². The van der Waals surface area contributed by atoms with Crippen molar-refractivity contribution in [3.8, 4) is 11.1 Å². The van der Waals surface area contributed by atoms with Crippen LogP contribution in [-0.2, 0) is 13.0 Å². The summed E-state index contributed by atoms with van der Waals surface area (Å²) in [6.45, 7) is 4.79. The van der Waals surface area contributed by atoms with E-state index in [0.29, 0.717) is 12.1 Å². The number of imidazole rings is 1. The van der Waals surface area contributed by atoms with E-state index in [1.807, 2.05) is 55.5 Å². The molecule has 1 aromatic heterocycles. The van der Waals surface area contributed by atoms with E-state index >= 15 is 0 Å². The fraction of sp³-hybridized carbons (Fsp3) is 0.276. The maximum Gasteiger partial charge on any atom is 0.336 e. The maximum atomic E-state index is 12.6. The molecule has 0 saturated carbocycles. The highest BCUT2D eigenvalue weighted by atomic mass is 16.4. The standard InChI is InChI=1S/C29H32N4O3/c1-6-9-26-30-27-19(2)16-22(32(5)29(36)31(3)4)17-25(27)33(26)18-20-12-14-21(15-13-20)23-10-7-8-11-24(23)28(34)35/h7-8,10-17H,6,9,18H2,1-5H3,(H,34,35). The third-order valence-corrected chi connectivity index (χ3v) is 6.40. The van der Waals surface area contributed by atoms with Crippen molar-refractivity contribution >= 4 is 28.7 Å². The lowest BCUT2D eigenvalue weighted by atomic mass is 9.99. The highest BCUT2D eigenvalue weighted by molar-refractivity contribution is 5.96. The van der Waals surface area contributed by atoms with E-state index in [1.165, 1.54) is 0 Å². The highest BCUT2D eigenvalue weighted by Crippen LogP contribution is 2.29. The molecule has 0 bridgehead atoms. The van der Waals surface area contributed by atoms with Crippen molar-refractivity contribution in [2.45, 2.75) is 33.2 Å². The lowest BCUT2D eigenvalue weighted by molar-refractivity contribution is 0.0697. The van der Waals surface area contributed by atoms with Crippen LogP contribution in [0.1, 0.15) is 40.7 Å². The van der Waals surface area contributed by atoms with Crippen LogP contribution < -0.4 is 4.90 Å². The number of carbonyl (C=O) groups excluding carboxylic acids is 1. The molecular weight excluding hydrogens is 452 g/mol. The van der Waals surface area contributed by atoms with Crippen LogP contribution in [0.2, 0.25) is 0 Å². The number of fused-ring (bicyclic) bond motifs is 1. The molecule has 186 valence electrons. The number of amides is 2. The molecule has 1 heterocycles. The van der Waals surface area contributed by atoms with Crippen molar-refractivity contribution in [3.05, 3.63) is 83.2 Å². The number of hydrogen-bond acceptors (Lipinski definition) is 3. The third-order valence-electron chi connectivity index (χ3n) is 6.40. The number of anilines is 1. The van der Waals surface area contributed by atoms with Gasteiger partial charge in [0.2, 0.25) is 0 Å². The Bertz CT molecular complexity index is 1420. The van der Waals surface area contributed by atoms with Gasteiger partial charge in [0.1, 0.15) is 5.82 Å². The van der Waals surface area contributed by atoms with Gasteiger partial charge in [-0.3, -0.25) is 4.90 Å². The molecule has 4 rings (SSSR count). The first-order valence-corrected chi connectivity index (χ1v) is 12.1. The van der Waals surface area contributed by atoms with Gasteiger partial charge in [-0.25, -0.2) is 14.6 Å². The van der Waals surface area contributed by atoms with E-state index in [2.05, 4.69) is 11.5 Å². The molecule has 36 heavy (non-hydrogen) atoms. The first kappa shape index (κ1) is 25.0. The summed E-state index contributed by atoms with van der Waals surface area (Å²) >= 11 is 0. The first-order chi connectivity index (χ1) is 17.2. The second-order valence-corrected chi connectivity index (χ2v) is 9.28. The number of aromatic nitrogens is 2. The molecule has 0 unspecified atom stereocenters. The lowest BCUT2D eigenvalue weighted by Crippen LogP contribution is -2.36. The highest BCUT2D eigenvalue weighted by Gasteiger charge is 2.18. The van der Waals surface area contributed by atoms with Crippen LogP contribution in [0.3, 0.4) is 0 Å². The average molecular weight is 485 g/mol. The van der Waals surface area contributed by atoms with Crippen LogP contribution in [-0.4, -0.2) is 52.7 Å². The Kier molecular flexibility index (Phi) is 7.10. The molecule has 3 aromatic carbocycles. The summed E-state index contributed by atoms with van der Waals surface area (Å²) in [4.78, 5) is 32.4. The van der Waals surface area contributed by atoms with E-state index in [-0.39, 0.29) is 11.6 Å². The number of rotatable bonds is 7. The number of carboxylic acid groups (broad SMARTS) is 1. The Hall–Kier alpha value is -4.13. The van der Waals surface area contributed by atoms with Gasteiger partial charge in [0, 0.05) is 39.8 Å². The lowest BCUT2D eigenvalue weighted by Gasteiger charge is -2.22. The largest absolute Gasteiger partial charge is 0.478 e. The van der Waals surface area contributed by atoms with Crippen LogP contribution in [0.15, 0.2) is 60.7 Å². The SMILES string of the molecule is CCCc1nc2c(C)cc(N(C)C(=O)N(C)C)cc2n1Cc1ccc(-c2ccccc2C(=O)O)cc1. The van der Waals surface area contributed by atoms with Gasteiger partial charge >= 0.3 is 12.0 Å². The summed E-state index contributed by atoms with van der Waals surface area (Å²) in [5, 5.41) is 9.55. The van der Waals surface area contributed by atoms with E-state index in [9.17, 15) is 14.7 Å². The summed E-state index contributed by atoms with van der Waals surface area (Å²) in [6.07, 6.45) is 1.82. The summed E-state index contributed by atoms with van der Waals surface area (Å²) in [5.74, 6) is 0.0716. The van der Waals surface area contributed by atoms with Crippen molar-refractivity contribution in [2.24, 2.45) is 0 Å². The van der Waals surface area contributed by atoms with Gasteiger partial charge in [0.15, 0.2) is 0 Å². The third kappa shape index (κ3) is 4.82. The van der Waals surface area contributed by atoms with Crippen molar-refractivity contribution in [1.29, 1.82) is 0 Å². The van der Waals surface area contributed by atoms with Crippen LogP contribution in [0.5, 0.6) is 0 Å². The van der Waals surface area contributed by atoms with Crippen molar-refractivity contribution in [2.75, 3.05) is 26.0 Å². The van der Waals surface area contributed by atoms with Gasteiger partial charge in [-0.1, -0.05) is 49.4 Å². The maximum absolute atomic E-state index is 12.6. The van der Waals surface area contributed by atoms with Crippen LogP contribution in [0, 0.1) is 6.92 Å². The molecule has 0 fully saturated rings. The molecule has 4 aromatic rings. The van der Waals surface area contributed by atoms with Gasteiger partial charge in [-0.15, -0.1) is 0 Å². The fourth-order valence-corrected chi connectivity index (χ4v) is 4.51. The smallest absolute Gasteiger partial charge is 0.336 e. The number of hydrogen-bond donors (Lipinski definition) is 1. The molecule has 0 aliphatic rings. The minimum atomic E-state index is -0.937. The summed E-state index contributed by atoms with van der Waals surface area (Å²) in [6, 6.07) is 19.0. The van der Waals surface area contributed by atoms with E-state index in [0.717, 1.165) is 52.1 Å². The van der Waals surface area contributed by atoms with E-state index in [1.54, 1.807) is 43.1 Å². The van der Waals surface area contributed by atoms with Crippen molar-refractivity contribution in [1.82, 2.24) is 14.5 Å². The molecule has 1 N–H and O–H groups in total.